The van der Waals surface area contributed by atoms with Crippen LogP contribution in [0.5, 0.6) is 11.5 Å². The Balaban J connectivity index is 1.22. The van der Waals surface area contributed by atoms with Gasteiger partial charge in [-0.05, 0) is 70.3 Å². The van der Waals surface area contributed by atoms with Gasteiger partial charge in [-0.2, -0.15) is 0 Å². The molecule has 1 fully saturated rings. The lowest BCUT2D eigenvalue weighted by atomic mass is 10.0. The maximum Gasteiger partial charge on any atom is 0.258 e. The highest BCUT2D eigenvalue weighted by molar-refractivity contribution is 5.97. The maximum atomic E-state index is 15.1. The molecule has 0 aliphatic carbocycles. The number of hydrogen-bond donors (Lipinski definition) is 2. The Morgan fingerprint density at radius 2 is 1.67 bits per heavy atom. The summed E-state index contributed by atoms with van der Waals surface area (Å²) in [5.41, 5.74) is 4.41. The van der Waals surface area contributed by atoms with Crippen molar-refractivity contribution in [3.05, 3.63) is 119 Å². The molecule has 45 heavy (non-hydrogen) atoms. The van der Waals surface area contributed by atoms with Crippen molar-refractivity contribution in [1.29, 1.82) is 0 Å². The number of rotatable bonds is 1. The summed E-state index contributed by atoms with van der Waals surface area (Å²) in [6.07, 6.45) is -0.609. The number of carbonyl (C=O) groups is 3. The molecule has 0 radical (unpaired) electrons. The molecule has 0 spiro atoms. The quantitative estimate of drug-likeness (QED) is 0.336. The largest absolute Gasteiger partial charge is 0.486 e. The third kappa shape index (κ3) is 5.97. The number of benzene rings is 4. The lowest BCUT2D eigenvalue weighted by molar-refractivity contribution is -0.123. The standard InChI is InChI=1S/C35H30FN3O6/c36-30-12-9-23-14-28(30)34(41)38-31-16-39(35(42)27-6-2-4-24-18-43-19-29(24)27)17-32(31)45-25-10-7-21(8-11-25)15-37-33(40)20-44-26-5-1-3-22(23)13-26/h1-14,31-32H,15-20H2,(H,37,40)(H,38,41)/t31-,32-/m0/s1. The third-order valence-corrected chi connectivity index (χ3v) is 8.33. The van der Waals surface area contributed by atoms with Crippen molar-refractivity contribution in [2.45, 2.75) is 31.9 Å². The van der Waals surface area contributed by atoms with Crippen molar-refractivity contribution in [2.75, 3.05) is 19.7 Å². The van der Waals surface area contributed by atoms with Crippen LogP contribution < -0.4 is 20.1 Å². The van der Waals surface area contributed by atoms with E-state index in [-0.39, 0.29) is 37.1 Å². The number of nitrogens with zero attached hydrogens (tertiary/aromatic N) is 1. The van der Waals surface area contributed by atoms with Gasteiger partial charge in [-0.15, -0.1) is 0 Å². The number of carbonyl (C=O) groups excluding carboxylic acids is 3. The van der Waals surface area contributed by atoms with Crippen LogP contribution in [0.25, 0.3) is 11.1 Å². The maximum absolute atomic E-state index is 15.1. The van der Waals surface area contributed by atoms with Crippen molar-refractivity contribution < 1.29 is 33.0 Å². The van der Waals surface area contributed by atoms with Gasteiger partial charge in [0.25, 0.3) is 17.7 Å². The molecule has 1 saturated heterocycles. The number of ether oxygens (including phenoxy) is 3. The number of fused-ring (bicyclic) bond motifs is 8. The van der Waals surface area contributed by atoms with Crippen molar-refractivity contribution in [3.63, 3.8) is 0 Å². The highest BCUT2D eigenvalue weighted by Crippen LogP contribution is 2.29. The van der Waals surface area contributed by atoms with E-state index in [0.29, 0.717) is 47.9 Å². The summed E-state index contributed by atoms with van der Waals surface area (Å²) in [6, 6.07) is 23.5. The topological polar surface area (TPSA) is 106 Å². The summed E-state index contributed by atoms with van der Waals surface area (Å²) >= 11 is 0. The van der Waals surface area contributed by atoms with E-state index in [1.54, 1.807) is 47.4 Å². The van der Waals surface area contributed by atoms with Gasteiger partial charge in [-0.1, -0.05) is 42.5 Å². The zero-order valence-corrected chi connectivity index (χ0v) is 24.3. The fourth-order valence-corrected chi connectivity index (χ4v) is 5.92. The molecule has 0 aromatic heterocycles. The van der Waals surface area contributed by atoms with Gasteiger partial charge >= 0.3 is 0 Å². The van der Waals surface area contributed by atoms with Crippen LogP contribution in [0.2, 0.25) is 0 Å². The first-order valence-corrected chi connectivity index (χ1v) is 14.7. The number of likely N-dealkylation sites (tertiary alicyclic amines) is 1. The van der Waals surface area contributed by atoms with Crippen LogP contribution in [-0.2, 0) is 29.3 Å². The average molecular weight is 608 g/mol. The molecule has 10 heteroatoms. The summed E-state index contributed by atoms with van der Waals surface area (Å²) in [6.45, 7) is 1.33. The van der Waals surface area contributed by atoms with E-state index >= 15 is 4.39 Å². The fraction of sp³-hybridized carbons (Fsp3) is 0.229. The molecule has 2 atom stereocenters. The molecule has 4 aromatic rings. The van der Waals surface area contributed by atoms with Gasteiger partial charge < -0.3 is 29.7 Å². The van der Waals surface area contributed by atoms with E-state index in [0.717, 1.165) is 16.7 Å². The lowest BCUT2D eigenvalue weighted by Gasteiger charge is -2.21. The Bertz CT molecular complexity index is 1790. The third-order valence-electron chi connectivity index (χ3n) is 8.33. The van der Waals surface area contributed by atoms with Crippen LogP contribution in [0.3, 0.4) is 0 Å². The van der Waals surface area contributed by atoms with Crippen LogP contribution in [0.15, 0.2) is 84.9 Å². The molecule has 6 bridgehead atoms. The summed E-state index contributed by atoms with van der Waals surface area (Å²) in [4.78, 5) is 41.5. The van der Waals surface area contributed by atoms with Gasteiger partial charge in [0.15, 0.2) is 6.61 Å². The van der Waals surface area contributed by atoms with Gasteiger partial charge in [0.05, 0.1) is 31.4 Å². The van der Waals surface area contributed by atoms with Crippen LogP contribution >= 0.6 is 0 Å². The molecule has 0 saturated carbocycles. The van der Waals surface area contributed by atoms with E-state index in [2.05, 4.69) is 10.6 Å². The van der Waals surface area contributed by atoms with Gasteiger partial charge in [-0.25, -0.2) is 4.39 Å². The molecule has 3 amide bonds. The molecule has 4 aromatic carbocycles. The number of nitrogens with one attached hydrogen (secondary N) is 2. The van der Waals surface area contributed by atoms with Crippen molar-refractivity contribution >= 4 is 17.7 Å². The molecule has 4 aliphatic heterocycles. The normalized spacial score (nSPS) is 19.4. The first-order chi connectivity index (χ1) is 21.9. The van der Waals surface area contributed by atoms with Crippen LogP contribution in [0.4, 0.5) is 4.39 Å². The van der Waals surface area contributed by atoms with E-state index in [9.17, 15) is 14.4 Å². The van der Waals surface area contributed by atoms with Crippen LogP contribution in [0, 0.1) is 5.82 Å². The molecule has 8 rings (SSSR count). The molecular formula is C35H30FN3O6. The average Bonchev–Trinajstić information content (AvgIpc) is 3.70. The fourth-order valence-electron chi connectivity index (χ4n) is 5.92. The Morgan fingerprint density at radius 1 is 0.844 bits per heavy atom. The Kier molecular flexibility index (Phi) is 7.64. The second kappa shape index (κ2) is 12.0. The van der Waals surface area contributed by atoms with Gasteiger partial charge in [-0.3, -0.25) is 14.4 Å². The van der Waals surface area contributed by atoms with E-state index in [1.165, 1.54) is 12.1 Å². The minimum Gasteiger partial charge on any atom is -0.486 e. The number of halogens is 1. The zero-order valence-electron chi connectivity index (χ0n) is 24.3. The van der Waals surface area contributed by atoms with Crippen LogP contribution in [-0.4, -0.2) is 54.5 Å². The van der Waals surface area contributed by atoms with E-state index in [4.69, 9.17) is 14.2 Å². The first kappa shape index (κ1) is 28.5. The molecule has 228 valence electrons. The van der Waals surface area contributed by atoms with Crippen molar-refractivity contribution in [3.8, 4) is 22.6 Å². The predicted molar refractivity (Wildman–Crippen MR) is 162 cm³/mol. The highest BCUT2D eigenvalue weighted by atomic mass is 19.1. The van der Waals surface area contributed by atoms with Gasteiger partial charge in [0.2, 0.25) is 0 Å². The second-order valence-electron chi connectivity index (χ2n) is 11.3. The summed E-state index contributed by atoms with van der Waals surface area (Å²) in [5, 5.41) is 5.79. The Hall–Kier alpha value is -5.22. The molecule has 0 unspecified atom stereocenters. The van der Waals surface area contributed by atoms with E-state index < -0.39 is 23.9 Å². The van der Waals surface area contributed by atoms with E-state index in [1.807, 2.05) is 30.3 Å². The van der Waals surface area contributed by atoms with Crippen LogP contribution in [0.1, 0.15) is 37.4 Å². The van der Waals surface area contributed by atoms with Crippen molar-refractivity contribution in [1.82, 2.24) is 15.5 Å². The predicted octanol–water partition coefficient (Wildman–Crippen LogP) is 4.23. The number of amides is 3. The second-order valence-corrected chi connectivity index (χ2v) is 11.3. The lowest BCUT2D eigenvalue weighted by Crippen LogP contribution is -2.45. The molecule has 4 aliphatic rings. The summed E-state index contributed by atoms with van der Waals surface area (Å²) in [7, 11) is 0. The SMILES string of the molecule is O=C1COc2cccc(c2)-c2ccc(F)c(c2)C(=O)N[C@H]2CN(C(=O)c3cccc4c3COC4)C[C@@H]2Oc2ccc(cc2)CN1. The highest BCUT2D eigenvalue weighted by Gasteiger charge is 2.39. The van der Waals surface area contributed by atoms with Gasteiger partial charge in [0, 0.05) is 18.7 Å². The smallest absolute Gasteiger partial charge is 0.258 e. The molecular weight excluding hydrogens is 577 g/mol. The number of hydrogen-bond acceptors (Lipinski definition) is 6. The summed E-state index contributed by atoms with van der Waals surface area (Å²) < 4.78 is 32.7. The molecule has 4 heterocycles. The minimum atomic E-state index is -0.679. The Labute approximate surface area is 258 Å². The Morgan fingerprint density at radius 3 is 2.53 bits per heavy atom. The summed E-state index contributed by atoms with van der Waals surface area (Å²) in [5.74, 6) is -0.781. The molecule has 2 N–H and O–H groups in total. The zero-order chi connectivity index (χ0) is 30.9. The van der Waals surface area contributed by atoms with Gasteiger partial charge in [0.1, 0.15) is 23.4 Å². The van der Waals surface area contributed by atoms with Crippen molar-refractivity contribution in [2.24, 2.45) is 0 Å². The molecule has 9 nitrogen and oxygen atoms in total. The minimum absolute atomic E-state index is 0.140. The first-order valence-electron chi connectivity index (χ1n) is 14.7. The monoisotopic (exact) mass is 607 g/mol.